The van der Waals surface area contributed by atoms with E-state index in [1.807, 2.05) is 4.90 Å². The molecule has 3 aliphatic rings. The van der Waals surface area contributed by atoms with Crippen molar-refractivity contribution in [1.82, 2.24) is 19.4 Å². The number of aromatic nitrogens is 2. The fraction of sp³-hybridized carbons (Fsp3) is 0.474. The number of nitrogens with zero attached hydrogens (tertiary/aromatic N) is 3. The van der Waals surface area contributed by atoms with Gasteiger partial charge in [-0.1, -0.05) is 0 Å². The monoisotopic (exact) mass is 422 g/mol. The maximum absolute atomic E-state index is 14.0. The van der Waals surface area contributed by atoms with E-state index in [0.717, 1.165) is 41.4 Å². The Morgan fingerprint density at radius 3 is 2.76 bits per heavy atom. The number of hydrogen-bond acceptors (Lipinski definition) is 4. The molecule has 29 heavy (non-hydrogen) atoms. The number of carbonyl (C=O) groups excluding carboxylic acids is 1. The molecule has 3 heterocycles. The van der Waals surface area contributed by atoms with E-state index in [0.29, 0.717) is 29.8 Å². The molecule has 1 amide bonds. The highest BCUT2D eigenvalue weighted by atomic mass is 32.2. The van der Waals surface area contributed by atoms with Crippen LogP contribution in [0.3, 0.4) is 0 Å². The Balaban J connectivity index is 1.39. The molecular weight excluding hydrogens is 402 g/mol. The van der Waals surface area contributed by atoms with E-state index >= 15 is 0 Å². The molecule has 2 aliphatic heterocycles. The van der Waals surface area contributed by atoms with Crippen LogP contribution in [0.4, 0.5) is 8.78 Å². The number of piperidine rings is 1. The molecule has 1 N–H and O–H groups in total. The lowest BCUT2D eigenvalue weighted by Crippen LogP contribution is -2.39. The van der Waals surface area contributed by atoms with Crippen LogP contribution in [0.1, 0.15) is 41.0 Å². The predicted molar refractivity (Wildman–Crippen MR) is 98.4 cm³/mol. The van der Waals surface area contributed by atoms with Gasteiger partial charge in [0.25, 0.3) is 5.91 Å². The standard InChI is InChI=1S/C19H20F2N4O3S/c20-12-2-4-17(15(21)8-12)29(27,28)24-6-5-14-16(10-24)22-23-18(14)19(26)25-9-11-1-3-13(25)7-11/h2,4,8,11,13H,1,3,5-7,9-10H2,(H,22,23)/t11-,13-/m0/s1. The van der Waals surface area contributed by atoms with Gasteiger partial charge in [-0.15, -0.1) is 0 Å². The van der Waals surface area contributed by atoms with Crippen molar-refractivity contribution in [3.05, 3.63) is 46.8 Å². The summed E-state index contributed by atoms with van der Waals surface area (Å²) in [6.07, 6.45) is 3.54. The Labute approximate surface area is 166 Å². The van der Waals surface area contributed by atoms with Crippen LogP contribution < -0.4 is 0 Å². The van der Waals surface area contributed by atoms with Crippen LogP contribution in [0.5, 0.6) is 0 Å². The number of benzene rings is 1. The molecule has 1 aromatic heterocycles. The molecule has 2 bridgehead atoms. The normalized spacial score (nSPS) is 24.1. The topological polar surface area (TPSA) is 86.4 Å². The molecule has 0 spiro atoms. The third-order valence-electron chi connectivity index (χ3n) is 6.28. The van der Waals surface area contributed by atoms with Gasteiger partial charge in [0.2, 0.25) is 10.0 Å². The number of amides is 1. The summed E-state index contributed by atoms with van der Waals surface area (Å²) in [6.45, 7) is 0.814. The van der Waals surface area contributed by atoms with Gasteiger partial charge in [0.05, 0.1) is 12.2 Å². The van der Waals surface area contributed by atoms with Crippen molar-refractivity contribution in [2.24, 2.45) is 5.92 Å². The fourth-order valence-corrected chi connectivity index (χ4v) is 6.26. The van der Waals surface area contributed by atoms with E-state index in [4.69, 9.17) is 0 Å². The molecule has 5 rings (SSSR count). The number of nitrogens with one attached hydrogen (secondary N) is 1. The minimum Gasteiger partial charge on any atom is -0.334 e. The first-order valence-electron chi connectivity index (χ1n) is 9.67. The molecule has 1 aliphatic carbocycles. The lowest BCUT2D eigenvalue weighted by molar-refractivity contribution is 0.0696. The van der Waals surface area contributed by atoms with Gasteiger partial charge in [0, 0.05) is 30.8 Å². The number of H-pyrrole nitrogens is 1. The highest BCUT2D eigenvalue weighted by Gasteiger charge is 2.42. The average Bonchev–Trinajstić information content (AvgIpc) is 3.42. The number of likely N-dealkylation sites (tertiary alicyclic amines) is 1. The van der Waals surface area contributed by atoms with Gasteiger partial charge >= 0.3 is 0 Å². The van der Waals surface area contributed by atoms with E-state index in [9.17, 15) is 22.0 Å². The van der Waals surface area contributed by atoms with Crippen molar-refractivity contribution in [3.8, 4) is 0 Å². The van der Waals surface area contributed by atoms with Gasteiger partial charge in [-0.3, -0.25) is 9.89 Å². The number of aromatic amines is 1. The summed E-state index contributed by atoms with van der Waals surface area (Å²) in [7, 11) is -4.14. The average molecular weight is 422 g/mol. The van der Waals surface area contributed by atoms with E-state index in [1.54, 1.807) is 0 Å². The highest BCUT2D eigenvalue weighted by Crippen LogP contribution is 2.38. The van der Waals surface area contributed by atoms with Crippen LogP contribution in [0, 0.1) is 17.6 Å². The zero-order chi connectivity index (χ0) is 20.3. The Bertz CT molecular complexity index is 1100. The summed E-state index contributed by atoms with van der Waals surface area (Å²) < 4.78 is 53.9. The first-order valence-corrected chi connectivity index (χ1v) is 11.1. The molecular formula is C19H20F2N4O3S. The van der Waals surface area contributed by atoms with Gasteiger partial charge in [0.1, 0.15) is 16.5 Å². The Morgan fingerprint density at radius 2 is 2.07 bits per heavy atom. The molecule has 2 fully saturated rings. The van der Waals surface area contributed by atoms with Gasteiger partial charge in [-0.25, -0.2) is 17.2 Å². The van der Waals surface area contributed by atoms with Gasteiger partial charge < -0.3 is 4.90 Å². The molecule has 7 nitrogen and oxygen atoms in total. The van der Waals surface area contributed by atoms with Crippen molar-refractivity contribution < 1.29 is 22.0 Å². The van der Waals surface area contributed by atoms with E-state index in [2.05, 4.69) is 10.2 Å². The van der Waals surface area contributed by atoms with Crippen molar-refractivity contribution in [3.63, 3.8) is 0 Å². The zero-order valence-electron chi connectivity index (χ0n) is 15.6. The summed E-state index contributed by atoms with van der Waals surface area (Å²) in [4.78, 5) is 14.3. The maximum Gasteiger partial charge on any atom is 0.274 e. The number of sulfonamides is 1. The van der Waals surface area contributed by atoms with Crippen LogP contribution >= 0.6 is 0 Å². The Hall–Kier alpha value is -2.33. The first kappa shape index (κ1) is 18.7. The second-order valence-corrected chi connectivity index (χ2v) is 9.89. The fourth-order valence-electron chi connectivity index (χ4n) is 4.81. The number of fused-ring (bicyclic) bond motifs is 3. The minimum atomic E-state index is -4.14. The minimum absolute atomic E-state index is 0.0409. The first-order chi connectivity index (χ1) is 13.8. The van der Waals surface area contributed by atoms with Crippen molar-refractivity contribution >= 4 is 15.9 Å². The van der Waals surface area contributed by atoms with E-state index in [-0.39, 0.29) is 25.0 Å². The van der Waals surface area contributed by atoms with Crippen molar-refractivity contribution in [2.75, 3.05) is 13.1 Å². The van der Waals surface area contributed by atoms with E-state index in [1.165, 1.54) is 6.42 Å². The molecule has 154 valence electrons. The van der Waals surface area contributed by atoms with Crippen LogP contribution in [-0.2, 0) is 23.0 Å². The van der Waals surface area contributed by atoms with Gasteiger partial charge in [-0.05, 0) is 43.7 Å². The molecule has 10 heteroatoms. The number of rotatable bonds is 3. The molecule has 1 saturated heterocycles. The number of halogens is 2. The third-order valence-corrected chi connectivity index (χ3v) is 8.16. The Morgan fingerprint density at radius 1 is 1.24 bits per heavy atom. The molecule has 2 atom stereocenters. The van der Waals surface area contributed by atoms with Crippen molar-refractivity contribution in [1.29, 1.82) is 0 Å². The lowest BCUT2D eigenvalue weighted by atomic mass is 10.0. The van der Waals surface area contributed by atoms with Crippen LogP contribution in [-0.4, -0.2) is 52.9 Å². The second kappa shape index (κ2) is 6.60. The van der Waals surface area contributed by atoms with Crippen LogP contribution in [0.2, 0.25) is 0 Å². The predicted octanol–water partition coefficient (Wildman–Crippen LogP) is 2.06. The summed E-state index contributed by atoms with van der Waals surface area (Å²) in [5, 5.41) is 6.98. The highest BCUT2D eigenvalue weighted by molar-refractivity contribution is 7.89. The quantitative estimate of drug-likeness (QED) is 0.821. The Kier molecular flexibility index (Phi) is 4.25. The maximum atomic E-state index is 14.0. The van der Waals surface area contributed by atoms with Crippen LogP contribution in [0.25, 0.3) is 0 Å². The molecule has 2 aromatic rings. The van der Waals surface area contributed by atoms with Gasteiger partial charge in [0.15, 0.2) is 5.69 Å². The summed E-state index contributed by atoms with van der Waals surface area (Å²) in [5.41, 5.74) is 1.62. The molecule has 1 saturated carbocycles. The summed E-state index contributed by atoms with van der Waals surface area (Å²) >= 11 is 0. The number of carbonyl (C=O) groups is 1. The molecule has 1 aromatic carbocycles. The molecule has 0 unspecified atom stereocenters. The number of hydrogen-bond donors (Lipinski definition) is 1. The van der Waals surface area contributed by atoms with Crippen LogP contribution in [0.15, 0.2) is 23.1 Å². The lowest BCUT2D eigenvalue weighted by Gasteiger charge is -2.28. The smallest absolute Gasteiger partial charge is 0.274 e. The van der Waals surface area contributed by atoms with E-state index < -0.39 is 26.6 Å². The summed E-state index contributed by atoms with van der Waals surface area (Å²) in [6, 6.07) is 2.68. The SMILES string of the molecule is O=C(c1n[nH]c2c1CCN(S(=O)(=O)c1ccc(F)cc1F)C2)N1C[C@H]2CC[C@H]1C2. The summed E-state index contributed by atoms with van der Waals surface area (Å²) in [5.74, 6) is -1.49. The second-order valence-electron chi connectivity index (χ2n) is 7.98. The third kappa shape index (κ3) is 2.96. The molecule has 0 radical (unpaired) electrons. The largest absolute Gasteiger partial charge is 0.334 e. The van der Waals surface area contributed by atoms with Gasteiger partial charge in [-0.2, -0.15) is 9.40 Å². The zero-order valence-corrected chi connectivity index (χ0v) is 16.4. The van der Waals surface area contributed by atoms with Crippen molar-refractivity contribution in [2.45, 2.75) is 43.2 Å².